The maximum atomic E-state index is 13.4. The molecule has 174 valence electrons. The second-order valence-electron chi connectivity index (χ2n) is 8.53. The van der Waals surface area contributed by atoms with Crippen molar-refractivity contribution in [3.05, 3.63) is 40.2 Å². The highest BCUT2D eigenvalue weighted by Crippen LogP contribution is 2.24. The Labute approximate surface area is 189 Å². The average molecular weight is 461 g/mol. The number of aromatic nitrogens is 1. The van der Waals surface area contributed by atoms with Crippen LogP contribution >= 0.6 is 0 Å². The maximum Gasteiger partial charge on any atom is 0.259 e. The van der Waals surface area contributed by atoms with Crippen LogP contribution in [0.4, 0.5) is 0 Å². The van der Waals surface area contributed by atoms with Crippen LogP contribution in [0.3, 0.4) is 0 Å². The molecule has 2 saturated heterocycles. The molecule has 2 aromatic rings. The minimum Gasteiger partial charge on any atom is -0.347 e. The molecule has 0 bridgehead atoms. The van der Waals surface area contributed by atoms with Gasteiger partial charge in [0.05, 0.1) is 10.4 Å². The molecule has 32 heavy (non-hydrogen) atoms. The molecule has 4 rings (SSSR count). The molecule has 0 radical (unpaired) electrons. The number of fused-ring (bicyclic) bond motifs is 1. The summed E-state index contributed by atoms with van der Waals surface area (Å²) in [4.78, 5) is 30.7. The van der Waals surface area contributed by atoms with Crippen LogP contribution < -0.4 is 5.43 Å². The van der Waals surface area contributed by atoms with Gasteiger partial charge in [0.1, 0.15) is 5.56 Å². The summed E-state index contributed by atoms with van der Waals surface area (Å²) in [6, 6.07) is 4.72. The van der Waals surface area contributed by atoms with E-state index in [9.17, 15) is 18.0 Å². The molecule has 2 fully saturated rings. The third-order valence-corrected chi connectivity index (χ3v) is 8.58. The van der Waals surface area contributed by atoms with Gasteiger partial charge in [-0.1, -0.05) is 13.3 Å². The lowest BCUT2D eigenvalue weighted by atomic mass is 10.1. The van der Waals surface area contributed by atoms with Crippen LogP contribution in [0.25, 0.3) is 10.9 Å². The van der Waals surface area contributed by atoms with Crippen LogP contribution in [0.15, 0.2) is 34.1 Å². The van der Waals surface area contributed by atoms with Gasteiger partial charge in [0.15, 0.2) is 0 Å². The monoisotopic (exact) mass is 460 g/mol. The van der Waals surface area contributed by atoms with Gasteiger partial charge in [0.25, 0.3) is 5.91 Å². The molecule has 0 aliphatic carbocycles. The minimum atomic E-state index is -3.67. The number of likely N-dealkylation sites (N-methyl/N-ethyl adjacent to an activating group) is 1. The molecule has 0 saturated carbocycles. The van der Waals surface area contributed by atoms with E-state index in [1.807, 2.05) is 11.5 Å². The van der Waals surface area contributed by atoms with E-state index in [1.54, 1.807) is 23.2 Å². The van der Waals surface area contributed by atoms with Crippen LogP contribution in [0, 0.1) is 0 Å². The van der Waals surface area contributed by atoms with Crippen LogP contribution in [-0.2, 0) is 16.6 Å². The van der Waals surface area contributed by atoms with Gasteiger partial charge in [0, 0.05) is 57.4 Å². The van der Waals surface area contributed by atoms with Crippen molar-refractivity contribution >= 4 is 26.8 Å². The molecule has 1 aromatic heterocycles. The zero-order valence-electron chi connectivity index (χ0n) is 18.9. The van der Waals surface area contributed by atoms with Gasteiger partial charge in [-0.3, -0.25) is 9.59 Å². The van der Waals surface area contributed by atoms with E-state index in [4.69, 9.17) is 0 Å². The van der Waals surface area contributed by atoms with Crippen molar-refractivity contribution in [3.8, 4) is 0 Å². The highest BCUT2D eigenvalue weighted by Gasteiger charge is 2.28. The molecule has 0 unspecified atom stereocenters. The molecule has 2 aliphatic rings. The number of nitrogens with zero attached hydrogens (tertiary/aromatic N) is 4. The van der Waals surface area contributed by atoms with Crippen molar-refractivity contribution in [1.82, 2.24) is 18.7 Å². The number of carbonyl (C=O) groups is 1. The van der Waals surface area contributed by atoms with Gasteiger partial charge in [-0.2, -0.15) is 4.31 Å². The summed E-state index contributed by atoms with van der Waals surface area (Å²) in [6.45, 7) is 9.29. The molecule has 0 atom stereocenters. The van der Waals surface area contributed by atoms with Crippen LogP contribution in [0.5, 0.6) is 0 Å². The van der Waals surface area contributed by atoms with Crippen molar-refractivity contribution in [3.63, 3.8) is 0 Å². The lowest BCUT2D eigenvalue weighted by molar-refractivity contribution is 0.0641. The van der Waals surface area contributed by atoms with Crippen LogP contribution in [-0.4, -0.2) is 78.8 Å². The molecule has 8 nitrogen and oxygen atoms in total. The second-order valence-corrected chi connectivity index (χ2v) is 10.5. The van der Waals surface area contributed by atoms with Crippen molar-refractivity contribution in [2.24, 2.45) is 0 Å². The Morgan fingerprint density at radius 3 is 2.25 bits per heavy atom. The van der Waals surface area contributed by atoms with E-state index in [1.165, 1.54) is 10.4 Å². The Balaban J connectivity index is 1.75. The van der Waals surface area contributed by atoms with E-state index in [2.05, 4.69) is 11.8 Å². The van der Waals surface area contributed by atoms with E-state index in [0.29, 0.717) is 38.2 Å². The lowest BCUT2D eigenvalue weighted by Crippen LogP contribution is -2.49. The van der Waals surface area contributed by atoms with E-state index in [-0.39, 0.29) is 21.8 Å². The van der Waals surface area contributed by atoms with E-state index in [0.717, 1.165) is 38.9 Å². The van der Waals surface area contributed by atoms with Gasteiger partial charge in [0.2, 0.25) is 15.5 Å². The topological polar surface area (TPSA) is 82.9 Å². The summed E-state index contributed by atoms with van der Waals surface area (Å²) >= 11 is 0. The number of amides is 1. The fourth-order valence-corrected chi connectivity index (χ4v) is 6.19. The Morgan fingerprint density at radius 1 is 0.938 bits per heavy atom. The average Bonchev–Trinajstić information content (AvgIpc) is 2.84. The number of hydrogen-bond donors (Lipinski definition) is 0. The smallest absolute Gasteiger partial charge is 0.259 e. The first-order valence-corrected chi connectivity index (χ1v) is 13.0. The number of piperazine rings is 1. The van der Waals surface area contributed by atoms with Gasteiger partial charge in [-0.25, -0.2) is 8.42 Å². The molecule has 0 N–H and O–H groups in total. The van der Waals surface area contributed by atoms with Crippen molar-refractivity contribution in [2.75, 3.05) is 45.8 Å². The van der Waals surface area contributed by atoms with Gasteiger partial charge in [-0.05, 0) is 44.5 Å². The molecule has 2 aliphatic heterocycles. The predicted molar refractivity (Wildman–Crippen MR) is 125 cm³/mol. The number of rotatable bonds is 5. The number of aryl methyl sites for hydroxylation is 1. The van der Waals surface area contributed by atoms with Gasteiger partial charge < -0.3 is 14.4 Å². The zero-order chi connectivity index (χ0) is 22.9. The molecule has 9 heteroatoms. The molecule has 3 heterocycles. The Hall–Kier alpha value is -2.23. The summed E-state index contributed by atoms with van der Waals surface area (Å²) < 4.78 is 29.7. The summed E-state index contributed by atoms with van der Waals surface area (Å²) in [5, 5.41) is 0.281. The predicted octanol–water partition coefficient (Wildman–Crippen LogP) is 1.97. The summed E-state index contributed by atoms with van der Waals surface area (Å²) in [5.41, 5.74) is 0.350. The molecular weight excluding hydrogens is 428 g/mol. The highest BCUT2D eigenvalue weighted by atomic mass is 32.2. The highest BCUT2D eigenvalue weighted by molar-refractivity contribution is 7.89. The standard InChI is InChI=1S/C23H32N4O4S/c1-3-24-12-14-26(15-13-24)23(29)20-17-25(4-2)21-9-8-18(16-19(21)22(20)28)32(30,31)27-10-6-5-7-11-27/h8-9,16-17H,3-7,10-15H2,1-2H3. The first kappa shape index (κ1) is 22.9. The SMILES string of the molecule is CCN1CCN(C(=O)c2cn(CC)c3ccc(S(=O)(=O)N4CCCCC4)cc3c2=O)CC1. The fraction of sp³-hybridized carbons (Fsp3) is 0.565. The number of benzene rings is 1. The summed E-state index contributed by atoms with van der Waals surface area (Å²) in [7, 11) is -3.67. The molecule has 1 aromatic carbocycles. The van der Waals surface area contributed by atoms with Crippen LogP contribution in [0.1, 0.15) is 43.5 Å². The molecule has 0 spiro atoms. The molecule has 1 amide bonds. The van der Waals surface area contributed by atoms with Crippen LogP contribution in [0.2, 0.25) is 0 Å². The van der Waals surface area contributed by atoms with E-state index < -0.39 is 15.5 Å². The Bertz CT molecular complexity index is 1160. The summed E-state index contributed by atoms with van der Waals surface area (Å²) in [6.07, 6.45) is 4.35. The number of sulfonamides is 1. The number of carbonyl (C=O) groups excluding carboxylic acids is 1. The zero-order valence-corrected chi connectivity index (χ0v) is 19.7. The fourth-order valence-electron chi connectivity index (χ4n) is 4.64. The van der Waals surface area contributed by atoms with Crippen molar-refractivity contribution in [1.29, 1.82) is 0 Å². The first-order valence-electron chi connectivity index (χ1n) is 11.6. The van der Waals surface area contributed by atoms with Gasteiger partial charge in [-0.15, -0.1) is 0 Å². The largest absolute Gasteiger partial charge is 0.347 e. The maximum absolute atomic E-state index is 13.4. The third-order valence-electron chi connectivity index (χ3n) is 6.68. The summed E-state index contributed by atoms with van der Waals surface area (Å²) in [5.74, 6) is -0.279. The normalized spacial score (nSPS) is 18.9. The van der Waals surface area contributed by atoms with E-state index >= 15 is 0 Å². The number of hydrogen-bond acceptors (Lipinski definition) is 5. The minimum absolute atomic E-state index is 0.108. The van der Waals surface area contributed by atoms with Crippen molar-refractivity contribution < 1.29 is 13.2 Å². The lowest BCUT2D eigenvalue weighted by Gasteiger charge is -2.34. The van der Waals surface area contributed by atoms with Gasteiger partial charge >= 0.3 is 0 Å². The third kappa shape index (κ3) is 4.21. The Kier molecular flexibility index (Phi) is 6.69. The Morgan fingerprint density at radius 2 is 1.62 bits per heavy atom. The molecular formula is C23H32N4O4S. The van der Waals surface area contributed by atoms with Crippen molar-refractivity contribution in [2.45, 2.75) is 44.6 Å². The number of pyridine rings is 1. The quantitative estimate of drug-likeness (QED) is 0.681. The first-order chi connectivity index (χ1) is 15.4. The number of piperidine rings is 1. The second kappa shape index (κ2) is 9.33.